The van der Waals surface area contributed by atoms with Crippen LogP contribution < -0.4 is 10.6 Å². The van der Waals surface area contributed by atoms with E-state index in [1.54, 1.807) is 12.1 Å². The van der Waals surface area contributed by atoms with Crippen molar-refractivity contribution in [3.63, 3.8) is 0 Å². The summed E-state index contributed by atoms with van der Waals surface area (Å²) in [4.78, 5) is 39.2. The number of allylic oxidation sites excluding steroid dienone is 2. The van der Waals surface area contributed by atoms with Gasteiger partial charge in [-0.15, -0.1) is 0 Å². The Hall–Kier alpha value is -3.90. The number of rotatable bonds is 7. The average Bonchev–Trinajstić information content (AvgIpc) is 2.96. The molecule has 1 aliphatic heterocycles. The highest BCUT2D eigenvalue weighted by molar-refractivity contribution is 6.30. The fourth-order valence-electron chi connectivity index (χ4n) is 4.54. The van der Waals surface area contributed by atoms with E-state index in [0.29, 0.717) is 30.8 Å². The molecule has 202 valence electrons. The molecule has 1 heterocycles. The van der Waals surface area contributed by atoms with Gasteiger partial charge in [-0.25, -0.2) is 0 Å². The normalized spacial score (nSPS) is 21.0. The van der Waals surface area contributed by atoms with Crippen molar-refractivity contribution in [3.8, 4) is 0 Å². The van der Waals surface area contributed by atoms with Gasteiger partial charge in [-0.2, -0.15) is 0 Å². The predicted molar refractivity (Wildman–Crippen MR) is 152 cm³/mol. The molecule has 2 N–H and O–H groups in total. The number of cyclic esters (lactones) is 1. The van der Waals surface area contributed by atoms with Crippen molar-refractivity contribution >= 4 is 29.4 Å². The summed E-state index contributed by atoms with van der Waals surface area (Å²) in [5.41, 5.74) is 2.85. The number of esters is 1. The molecule has 0 aromatic heterocycles. The Bertz CT molecular complexity index is 1260. The van der Waals surface area contributed by atoms with E-state index >= 15 is 0 Å². The Balaban J connectivity index is 1.48. The quantitative estimate of drug-likeness (QED) is 0.301. The lowest BCUT2D eigenvalue weighted by molar-refractivity contribution is -0.151. The van der Waals surface area contributed by atoms with Gasteiger partial charge in [0, 0.05) is 23.9 Å². The number of hydrogen-bond acceptors (Lipinski definition) is 4. The number of halogens is 1. The smallest absolute Gasteiger partial charge is 0.309 e. The lowest BCUT2D eigenvalue weighted by atomic mass is 9.93. The number of amides is 2. The third-order valence-electron chi connectivity index (χ3n) is 6.78. The molecule has 39 heavy (non-hydrogen) atoms. The maximum Gasteiger partial charge on any atom is 0.309 e. The molecule has 3 unspecified atom stereocenters. The Morgan fingerprint density at radius 1 is 0.846 bits per heavy atom. The van der Waals surface area contributed by atoms with Gasteiger partial charge in [0.25, 0.3) is 0 Å². The Kier molecular flexibility index (Phi) is 10.3. The summed E-state index contributed by atoms with van der Waals surface area (Å²) in [5.74, 6) is -1.70. The largest absolute Gasteiger partial charge is 0.463 e. The molecular formula is C32H33ClN2O4. The Labute approximate surface area is 234 Å². The summed E-state index contributed by atoms with van der Waals surface area (Å²) < 4.78 is 5.69. The Morgan fingerprint density at radius 2 is 1.49 bits per heavy atom. The zero-order valence-corrected chi connectivity index (χ0v) is 22.5. The second-order valence-corrected chi connectivity index (χ2v) is 10.2. The maximum absolute atomic E-state index is 13.4. The first-order chi connectivity index (χ1) is 19.0. The monoisotopic (exact) mass is 544 g/mol. The SMILES string of the molecule is O=C(CC1C/C=C/CC(Cc2ccccc2)C(=O)NC(c2ccccc2)COC1=O)NCc1ccc(Cl)cc1. The molecule has 1 aliphatic rings. The van der Waals surface area contributed by atoms with Gasteiger partial charge in [0.2, 0.25) is 11.8 Å². The van der Waals surface area contributed by atoms with Gasteiger partial charge in [-0.05, 0) is 48.1 Å². The van der Waals surface area contributed by atoms with Crippen LogP contribution >= 0.6 is 11.6 Å². The van der Waals surface area contributed by atoms with Crippen LogP contribution in [0.15, 0.2) is 97.1 Å². The highest BCUT2D eigenvalue weighted by Gasteiger charge is 2.27. The molecule has 0 fully saturated rings. The van der Waals surface area contributed by atoms with Gasteiger partial charge in [0.15, 0.2) is 0 Å². The van der Waals surface area contributed by atoms with E-state index in [-0.39, 0.29) is 30.8 Å². The number of carbonyl (C=O) groups excluding carboxylic acids is 3. The first-order valence-electron chi connectivity index (χ1n) is 13.2. The molecular weight excluding hydrogens is 512 g/mol. The number of benzene rings is 3. The van der Waals surface area contributed by atoms with E-state index in [0.717, 1.165) is 16.7 Å². The molecule has 3 aromatic rings. The van der Waals surface area contributed by atoms with E-state index < -0.39 is 17.9 Å². The van der Waals surface area contributed by atoms with Crippen LogP contribution in [0.4, 0.5) is 0 Å². The molecule has 3 aromatic carbocycles. The zero-order valence-electron chi connectivity index (χ0n) is 21.7. The van der Waals surface area contributed by atoms with Gasteiger partial charge in [-0.1, -0.05) is 96.5 Å². The minimum Gasteiger partial charge on any atom is -0.463 e. The third kappa shape index (κ3) is 8.82. The van der Waals surface area contributed by atoms with Gasteiger partial charge < -0.3 is 15.4 Å². The molecule has 0 spiro atoms. The van der Waals surface area contributed by atoms with Crippen LogP contribution in [0.1, 0.15) is 42.0 Å². The lowest BCUT2D eigenvalue weighted by Crippen LogP contribution is -2.38. The highest BCUT2D eigenvalue weighted by Crippen LogP contribution is 2.21. The second kappa shape index (κ2) is 14.3. The van der Waals surface area contributed by atoms with Crippen LogP contribution in [-0.2, 0) is 32.1 Å². The number of hydrogen-bond donors (Lipinski definition) is 2. The summed E-state index contributed by atoms with van der Waals surface area (Å²) in [5, 5.41) is 6.61. The van der Waals surface area contributed by atoms with Crippen molar-refractivity contribution < 1.29 is 19.1 Å². The second-order valence-electron chi connectivity index (χ2n) is 9.74. The highest BCUT2D eigenvalue weighted by atomic mass is 35.5. The third-order valence-corrected chi connectivity index (χ3v) is 7.03. The van der Waals surface area contributed by atoms with Gasteiger partial charge in [-0.3, -0.25) is 14.4 Å². The fraction of sp³-hybridized carbons (Fsp3) is 0.281. The molecule has 0 aliphatic carbocycles. The molecule has 4 rings (SSSR count). The van der Waals surface area contributed by atoms with E-state index in [1.807, 2.05) is 84.9 Å². The molecule has 0 radical (unpaired) electrons. The van der Waals surface area contributed by atoms with Crippen LogP contribution in [-0.4, -0.2) is 24.4 Å². The van der Waals surface area contributed by atoms with Crippen LogP contribution in [0.2, 0.25) is 5.02 Å². The minimum absolute atomic E-state index is 0.00652. The van der Waals surface area contributed by atoms with E-state index in [4.69, 9.17) is 16.3 Å². The van der Waals surface area contributed by atoms with Crippen molar-refractivity contribution in [1.29, 1.82) is 0 Å². The molecule has 0 saturated carbocycles. The molecule has 3 atom stereocenters. The average molecular weight is 545 g/mol. The summed E-state index contributed by atoms with van der Waals surface area (Å²) in [6.07, 6.45) is 5.27. The number of carbonyl (C=O) groups is 3. The van der Waals surface area contributed by atoms with E-state index in [2.05, 4.69) is 10.6 Å². The topological polar surface area (TPSA) is 84.5 Å². The van der Waals surface area contributed by atoms with Crippen molar-refractivity contribution in [2.75, 3.05) is 6.61 Å². The lowest BCUT2D eigenvalue weighted by Gasteiger charge is -2.24. The maximum atomic E-state index is 13.4. The van der Waals surface area contributed by atoms with Crippen LogP contribution in [0.3, 0.4) is 0 Å². The van der Waals surface area contributed by atoms with Crippen molar-refractivity contribution in [1.82, 2.24) is 10.6 Å². The van der Waals surface area contributed by atoms with E-state index in [1.165, 1.54) is 0 Å². The summed E-state index contributed by atoms with van der Waals surface area (Å²) in [6, 6.07) is 26.1. The standard InChI is InChI=1S/C32H33ClN2O4/c33-28-17-15-24(16-18-28)21-34-30(36)20-27-14-8-7-13-26(19-23-9-3-1-4-10-23)31(37)35-29(22-39-32(27)38)25-11-5-2-6-12-25/h1-12,15-18,26-27,29H,13-14,19-22H2,(H,34,36)(H,35,37)/b8-7+. The van der Waals surface area contributed by atoms with Crippen molar-refractivity contribution in [3.05, 3.63) is 119 Å². The molecule has 0 saturated heterocycles. The van der Waals surface area contributed by atoms with Gasteiger partial charge in [0.05, 0.1) is 12.0 Å². The van der Waals surface area contributed by atoms with Crippen molar-refractivity contribution in [2.24, 2.45) is 11.8 Å². The Morgan fingerprint density at radius 3 is 2.18 bits per heavy atom. The fourth-order valence-corrected chi connectivity index (χ4v) is 4.67. The van der Waals surface area contributed by atoms with Gasteiger partial charge in [0.1, 0.15) is 6.61 Å². The minimum atomic E-state index is -0.634. The zero-order chi connectivity index (χ0) is 27.5. The molecule has 6 nitrogen and oxygen atoms in total. The molecule has 0 bridgehead atoms. The van der Waals surface area contributed by atoms with Crippen molar-refractivity contribution in [2.45, 2.75) is 38.3 Å². The first-order valence-corrected chi connectivity index (χ1v) is 13.6. The van der Waals surface area contributed by atoms with Gasteiger partial charge >= 0.3 is 5.97 Å². The summed E-state index contributed by atoms with van der Waals surface area (Å²) in [7, 11) is 0. The summed E-state index contributed by atoms with van der Waals surface area (Å²) >= 11 is 5.93. The first kappa shape index (κ1) is 28.1. The van der Waals surface area contributed by atoms with Crippen LogP contribution in [0.5, 0.6) is 0 Å². The number of ether oxygens (including phenoxy) is 1. The number of nitrogens with one attached hydrogen (secondary N) is 2. The van der Waals surface area contributed by atoms with Crippen LogP contribution in [0.25, 0.3) is 0 Å². The molecule has 7 heteroatoms. The van der Waals surface area contributed by atoms with E-state index in [9.17, 15) is 14.4 Å². The molecule has 2 amide bonds. The van der Waals surface area contributed by atoms with Crippen LogP contribution in [0, 0.1) is 11.8 Å². The predicted octanol–water partition coefficient (Wildman–Crippen LogP) is 5.57. The summed E-state index contributed by atoms with van der Waals surface area (Å²) in [6.45, 7) is 0.330.